The third-order valence-corrected chi connectivity index (χ3v) is 3.14. The highest BCUT2D eigenvalue weighted by Crippen LogP contribution is 2.16. The van der Waals surface area contributed by atoms with Gasteiger partial charge in [0, 0.05) is 18.0 Å². The lowest BCUT2D eigenvalue weighted by molar-refractivity contribution is 0.795. The molecule has 0 spiro atoms. The summed E-state index contributed by atoms with van der Waals surface area (Å²) < 4.78 is 0. The Hall–Kier alpha value is -1.70. The Morgan fingerprint density at radius 2 is 1.56 bits per heavy atom. The molecule has 0 fully saturated rings. The molecule has 0 bridgehead atoms. The quantitative estimate of drug-likeness (QED) is 0.788. The fourth-order valence-corrected chi connectivity index (χ4v) is 1.89. The summed E-state index contributed by atoms with van der Waals surface area (Å²) in [6.07, 6.45) is 8.45. The minimum Gasteiger partial charge on any atom is -0.236 e. The van der Waals surface area contributed by atoms with Gasteiger partial charge >= 0.3 is 0 Å². The van der Waals surface area contributed by atoms with Crippen LogP contribution in [0.15, 0.2) is 36.7 Å². The van der Waals surface area contributed by atoms with Crippen molar-refractivity contribution in [1.82, 2.24) is 9.97 Å². The molecule has 1 aromatic carbocycles. The maximum Gasteiger partial charge on any atom is 0.159 e. The highest BCUT2D eigenvalue weighted by atomic mass is 14.9. The van der Waals surface area contributed by atoms with Crippen LogP contribution < -0.4 is 0 Å². The van der Waals surface area contributed by atoms with E-state index < -0.39 is 0 Å². The Balaban J connectivity index is 2.12. The summed E-state index contributed by atoms with van der Waals surface area (Å²) in [5, 5.41) is 0. The van der Waals surface area contributed by atoms with E-state index in [0.29, 0.717) is 0 Å². The summed E-state index contributed by atoms with van der Waals surface area (Å²) in [5.74, 6) is 0.814. The van der Waals surface area contributed by atoms with E-state index in [9.17, 15) is 0 Å². The summed E-state index contributed by atoms with van der Waals surface area (Å²) in [4.78, 5) is 8.80. The first kappa shape index (κ1) is 12.7. The number of unbranched alkanes of at least 4 members (excludes halogenated alkanes) is 1. The molecule has 0 saturated heterocycles. The Morgan fingerprint density at radius 3 is 2.11 bits per heavy atom. The maximum absolute atomic E-state index is 4.40. The Morgan fingerprint density at radius 1 is 0.889 bits per heavy atom. The van der Waals surface area contributed by atoms with E-state index in [2.05, 4.69) is 48.1 Å². The van der Waals surface area contributed by atoms with E-state index >= 15 is 0 Å². The summed E-state index contributed by atoms with van der Waals surface area (Å²) in [6, 6.07) is 8.60. The van der Waals surface area contributed by atoms with Crippen molar-refractivity contribution in [3.8, 4) is 11.4 Å². The van der Waals surface area contributed by atoms with Crippen LogP contribution >= 0.6 is 0 Å². The lowest BCUT2D eigenvalue weighted by Crippen LogP contribution is -1.92. The molecule has 0 aliphatic carbocycles. The van der Waals surface area contributed by atoms with Gasteiger partial charge in [-0.2, -0.15) is 0 Å². The molecule has 2 aromatic rings. The zero-order chi connectivity index (χ0) is 12.8. The fraction of sp³-hybridized carbons (Fsp3) is 0.375. The van der Waals surface area contributed by atoms with E-state index in [1.165, 1.54) is 24.0 Å². The zero-order valence-corrected chi connectivity index (χ0v) is 11.2. The van der Waals surface area contributed by atoms with Gasteiger partial charge in [0.05, 0.1) is 0 Å². The lowest BCUT2D eigenvalue weighted by atomic mass is 10.1. The van der Waals surface area contributed by atoms with Crippen LogP contribution in [0.25, 0.3) is 11.4 Å². The molecule has 0 atom stereocenters. The second kappa shape index (κ2) is 6.29. The van der Waals surface area contributed by atoms with Crippen LogP contribution in [0.3, 0.4) is 0 Å². The largest absolute Gasteiger partial charge is 0.236 e. The van der Waals surface area contributed by atoms with Gasteiger partial charge in [0.15, 0.2) is 5.82 Å². The van der Waals surface area contributed by atoms with Crippen LogP contribution in [0.2, 0.25) is 0 Å². The van der Waals surface area contributed by atoms with E-state index in [1.54, 1.807) is 0 Å². The molecule has 0 aliphatic rings. The highest BCUT2D eigenvalue weighted by molar-refractivity contribution is 5.55. The van der Waals surface area contributed by atoms with Crippen molar-refractivity contribution >= 4 is 0 Å². The van der Waals surface area contributed by atoms with Crippen molar-refractivity contribution in [1.29, 1.82) is 0 Å². The fourth-order valence-electron chi connectivity index (χ4n) is 1.89. The van der Waals surface area contributed by atoms with Crippen molar-refractivity contribution in [2.24, 2.45) is 0 Å². The topological polar surface area (TPSA) is 25.8 Å². The Bertz CT molecular complexity index is 471. The molecule has 18 heavy (non-hydrogen) atoms. The monoisotopic (exact) mass is 240 g/mol. The van der Waals surface area contributed by atoms with Gasteiger partial charge in [-0.25, -0.2) is 9.97 Å². The van der Waals surface area contributed by atoms with Gasteiger partial charge in [-0.1, -0.05) is 44.5 Å². The van der Waals surface area contributed by atoms with Crippen molar-refractivity contribution in [2.75, 3.05) is 0 Å². The van der Waals surface area contributed by atoms with Gasteiger partial charge < -0.3 is 0 Å². The molecule has 0 N–H and O–H groups in total. The summed E-state index contributed by atoms with van der Waals surface area (Å²) in [5.41, 5.74) is 3.67. The minimum absolute atomic E-state index is 0.814. The van der Waals surface area contributed by atoms with Crippen LogP contribution in [-0.4, -0.2) is 9.97 Å². The maximum atomic E-state index is 4.40. The van der Waals surface area contributed by atoms with Gasteiger partial charge in [0.1, 0.15) is 0 Å². The first-order valence-corrected chi connectivity index (χ1v) is 6.73. The van der Waals surface area contributed by atoms with Crippen molar-refractivity contribution < 1.29 is 0 Å². The molecule has 94 valence electrons. The van der Waals surface area contributed by atoms with E-state index in [4.69, 9.17) is 0 Å². The molecular weight excluding hydrogens is 220 g/mol. The molecule has 0 amide bonds. The van der Waals surface area contributed by atoms with Crippen LogP contribution in [0, 0.1) is 0 Å². The Labute approximate surface area is 109 Å². The predicted octanol–water partition coefficient (Wildman–Crippen LogP) is 4.05. The van der Waals surface area contributed by atoms with Crippen molar-refractivity contribution in [2.45, 2.75) is 39.5 Å². The van der Waals surface area contributed by atoms with E-state index in [-0.39, 0.29) is 0 Å². The summed E-state index contributed by atoms with van der Waals surface area (Å²) in [6.45, 7) is 4.33. The highest BCUT2D eigenvalue weighted by Gasteiger charge is 2.01. The molecule has 0 aliphatic heterocycles. The second-order valence-corrected chi connectivity index (χ2v) is 4.57. The van der Waals surface area contributed by atoms with Crippen LogP contribution in [0.4, 0.5) is 0 Å². The van der Waals surface area contributed by atoms with E-state index in [0.717, 1.165) is 24.2 Å². The lowest BCUT2D eigenvalue weighted by Gasteiger charge is -2.03. The second-order valence-electron chi connectivity index (χ2n) is 4.57. The van der Waals surface area contributed by atoms with Crippen LogP contribution in [-0.2, 0) is 12.8 Å². The predicted molar refractivity (Wildman–Crippen MR) is 75.5 cm³/mol. The number of benzene rings is 1. The average Bonchev–Trinajstić information content (AvgIpc) is 2.46. The molecule has 2 heteroatoms. The van der Waals surface area contributed by atoms with Gasteiger partial charge in [0.2, 0.25) is 0 Å². The van der Waals surface area contributed by atoms with Crippen LogP contribution in [0.5, 0.6) is 0 Å². The van der Waals surface area contributed by atoms with Crippen LogP contribution in [0.1, 0.15) is 37.8 Å². The average molecular weight is 240 g/mol. The third-order valence-electron chi connectivity index (χ3n) is 3.14. The number of hydrogen-bond donors (Lipinski definition) is 0. The third kappa shape index (κ3) is 3.16. The number of aromatic nitrogens is 2. The molecule has 2 rings (SSSR count). The molecule has 1 heterocycles. The molecular formula is C16H20N2. The van der Waals surface area contributed by atoms with Gasteiger partial charge in [-0.15, -0.1) is 0 Å². The first-order valence-electron chi connectivity index (χ1n) is 6.73. The summed E-state index contributed by atoms with van der Waals surface area (Å²) >= 11 is 0. The van der Waals surface area contributed by atoms with Crippen molar-refractivity contribution in [3.63, 3.8) is 0 Å². The Kier molecular flexibility index (Phi) is 4.46. The molecule has 1 aromatic heterocycles. The normalized spacial score (nSPS) is 10.6. The number of hydrogen-bond acceptors (Lipinski definition) is 2. The van der Waals surface area contributed by atoms with Gasteiger partial charge in [-0.05, 0) is 30.4 Å². The first-order chi connectivity index (χ1) is 8.83. The number of aryl methyl sites for hydroxylation is 2. The number of nitrogens with zero attached hydrogens (tertiary/aromatic N) is 2. The van der Waals surface area contributed by atoms with Gasteiger partial charge in [0.25, 0.3) is 0 Å². The SMILES string of the molecule is CCCCc1ccc(-c2ncc(CC)cn2)cc1. The van der Waals surface area contributed by atoms with Crippen molar-refractivity contribution in [3.05, 3.63) is 47.8 Å². The standard InChI is InChI=1S/C16H20N2/c1-3-5-6-14-7-9-15(10-8-14)16-17-11-13(4-2)12-18-16/h7-12H,3-6H2,1-2H3. The molecule has 0 radical (unpaired) electrons. The number of rotatable bonds is 5. The molecule has 0 saturated carbocycles. The van der Waals surface area contributed by atoms with E-state index in [1.807, 2.05) is 12.4 Å². The smallest absolute Gasteiger partial charge is 0.159 e. The molecule has 2 nitrogen and oxygen atoms in total. The minimum atomic E-state index is 0.814. The summed E-state index contributed by atoms with van der Waals surface area (Å²) in [7, 11) is 0. The molecule has 0 unspecified atom stereocenters. The van der Waals surface area contributed by atoms with Gasteiger partial charge in [-0.3, -0.25) is 0 Å². The zero-order valence-electron chi connectivity index (χ0n) is 11.2.